The third kappa shape index (κ3) is 3.39. The van der Waals surface area contributed by atoms with Gasteiger partial charge in [-0.3, -0.25) is 9.78 Å². The highest BCUT2D eigenvalue weighted by Gasteiger charge is 2.18. The molecule has 0 saturated carbocycles. The first-order chi connectivity index (χ1) is 11.7. The van der Waals surface area contributed by atoms with E-state index in [1.165, 1.54) is 0 Å². The molecule has 1 aliphatic heterocycles. The quantitative estimate of drug-likeness (QED) is 0.813. The summed E-state index contributed by atoms with van der Waals surface area (Å²) in [5.41, 5.74) is 2.88. The van der Waals surface area contributed by atoms with Crippen molar-refractivity contribution in [2.75, 3.05) is 43.2 Å². The molecule has 1 amide bonds. The Morgan fingerprint density at radius 2 is 2.08 bits per heavy atom. The van der Waals surface area contributed by atoms with Crippen LogP contribution in [0, 0.1) is 12.3 Å². The number of carbonyl (C=O) groups is 1. The van der Waals surface area contributed by atoms with E-state index in [0.29, 0.717) is 18.9 Å². The van der Waals surface area contributed by atoms with Gasteiger partial charge in [0.05, 0.1) is 13.2 Å². The number of aromatic nitrogens is 1. The van der Waals surface area contributed by atoms with Crippen LogP contribution in [-0.2, 0) is 4.74 Å². The van der Waals surface area contributed by atoms with Crippen LogP contribution in [0.4, 0.5) is 11.4 Å². The number of nitrogens with zero attached hydrogens (tertiary/aromatic N) is 3. The van der Waals surface area contributed by atoms with Crippen LogP contribution in [0.2, 0.25) is 0 Å². The topological polar surface area (TPSA) is 45.7 Å². The lowest BCUT2D eigenvalue weighted by Crippen LogP contribution is -2.36. The van der Waals surface area contributed by atoms with Gasteiger partial charge in [-0.05, 0) is 30.3 Å². The van der Waals surface area contributed by atoms with Crippen molar-refractivity contribution in [1.82, 2.24) is 4.98 Å². The van der Waals surface area contributed by atoms with E-state index in [1.54, 1.807) is 18.1 Å². The zero-order chi connectivity index (χ0) is 16.9. The van der Waals surface area contributed by atoms with Crippen LogP contribution in [0.5, 0.6) is 0 Å². The molecule has 1 aliphatic rings. The molecule has 1 fully saturated rings. The molecule has 0 N–H and O–H groups in total. The molecule has 0 aliphatic carbocycles. The maximum absolute atomic E-state index is 12.7. The van der Waals surface area contributed by atoms with Gasteiger partial charge in [-0.1, -0.05) is 12.0 Å². The molecule has 0 unspecified atom stereocenters. The SMILES string of the molecule is C#Cc1cccc(N(C)C(=O)c2cc(N3CCOCC3)ccn2)c1. The first-order valence-corrected chi connectivity index (χ1v) is 7.82. The summed E-state index contributed by atoms with van der Waals surface area (Å²) in [5, 5.41) is 0. The monoisotopic (exact) mass is 321 g/mol. The van der Waals surface area contributed by atoms with Crippen LogP contribution < -0.4 is 9.80 Å². The van der Waals surface area contributed by atoms with Gasteiger partial charge in [-0.2, -0.15) is 0 Å². The average Bonchev–Trinajstić information content (AvgIpc) is 2.67. The van der Waals surface area contributed by atoms with Gasteiger partial charge >= 0.3 is 0 Å². The minimum Gasteiger partial charge on any atom is -0.378 e. The summed E-state index contributed by atoms with van der Waals surface area (Å²) >= 11 is 0. The van der Waals surface area contributed by atoms with Crippen LogP contribution in [0.1, 0.15) is 16.1 Å². The third-order valence-electron chi connectivity index (χ3n) is 4.04. The average molecular weight is 321 g/mol. The van der Waals surface area contributed by atoms with Gasteiger partial charge in [0, 0.05) is 43.3 Å². The Hall–Kier alpha value is -2.84. The minimum atomic E-state index is -0.167. The Labute approximate surface area is 141 Å². The number of ether oxygens (including phenoxy) is 1. The molecule has 5 heteroatoms. The Balaban J connectivity index is 1.82. The normalized spacial score (nSPS) is 14.1. The highest BCUT2D eigenvalue weighted by atomic mass is 16.5. The van der Waals surface area contributed by atoms with E-state index in [9.17, 15) is 4.79 Å². The lowest BCUT2D eigenvalue weighted by Gasteiger charge is -2.29. The third-order valence-corrected chi connectivity index (χ3v) is 4.04. The van der Waals surface area contributed by atoms with Crippen molar-refractivity contribution < 1.29 is 9.53 Å². The van der Waals surface area contributed by atoms with E-state index in [-0.39, 0.29) is 5.91 Å². The Morgan fingerprint density at radius 1 is 1.29 bits per heavy atom. The second kappa shape index (κ2) is 7.16. The number of pyridine rings is 1. The summed E-state index contributed by atoms with van der Waals surface area (Å²) in [5.74, 6) is 2.41. The number of benzene rings is 1. The van der Waals surface area contributed by atoms with E-state index in [1.807, 2.05) is 36.4 Å². The lowest BCUT2D eigenvalue weighted by atomic mass is 10.2. The van der Waals surface area contributed by atoms with Gasteiger partial charge in [0.2, 0.25) is 0 Å². The fourth-order valence-corrected chi connectivity index (χ4v) is 2.65. The summed E-state index contributed by atoms with van der Waals surface area (Å²) in [7, 11) is 1.72. The standard InChI is InChI=1S/C19H19N3O2/c1-3-15-5-4-6-16(13-15)21(2)19(23)18-14-17(7-8-20-18)22-9-11-24-12-10-22/h1,4-8,13-14H,9-12H2,2H3. The predicted molar refractivity (Wildman–Crippen MR) is 94.4 cm³/mol. The number of carbonyl (C=O) groups excluding carboxylic acids is 1. The first-order valence-electron chi connectivity index (χ1n) is 7.82. The number of amides is 1. The maximum Gasteiger partial charge on any atom is 0.276 e. The van der Waals surface area contributed by atoms with E-state index >= 15 is 0 Å². The molecule has 24 heavy (non-hydrogen) atoms. The molecule has 1 aromatic heterocycles. The summed E-state index contributed by atoms with van der Waals surface area (Å²) in [6.45, 7) is 3.03. The molecular formula is C19H19N3O2. The molecule has 5 nitrogen and oxygen atoms in total. The van der Waals surface area contributed by atoms with E-state index in [2.05, 4.69) is 15.8 Å². The molecule has 0 bridgehead atoms. The Kier molecular flexibility index (Phi) is 4.78. The van der Waals surface area contributed by atoms with Crippen molar-refractivity contribution in [3.63, 3.8) is 0 Å². The van der Waals surface area contributed by atoms with Crippen LogP contribution >= 0.6 is 0 Å². The fourth-order valence-electron chi connectivity index (χ4n) is 2.65. The number of hydrogen-bond acceptors (Lipinski definition) is 4. The molecule has 2 aromatic rings. The van der Waals surface area contributed by atoms with Gasteiger partial charge in [-0.15, -0.1) is 6.42 Å². The fraction of sp³-hybridized carbons (Fsp3) is 0.263. The zero-order valence-electron chi connectivity index (χ0n) is 13.6. The van der Waals surface area contributed by atoms with Crippen LogP contribution in [0.25, 0.3) is 0 Å². The molecular weight excluding hydrogens is 302 g/mol. The molecule has 0 atom stereocenters. The second-order valence-electron chi connectivity index (χ2n) is 5.56. The van der Waals surface area contributed by atoms with E-state index in [0.717, 1.165) is 30.0 Å². The van der Waals surface area contributed by atoms with Crippen LogP contribution in [0.15, 0.2) is 42.6 Å². The number of anilines is 2. The molecule has 0 radical (unpaired) electrons. The Morgan fingerprint density at radius 3 is 2.83 bits per heavy atom. The maximum atomic E-state index is 12.7. The summed E-state index contributed by atoms with van der Waals surface area (Å²) in [4.78, 5) is 20.7. The van der Waals surface area contributed by atoms with Crippen molar-refractivity contribution in [3.05, 3.63) is 53.9 Å². The lowest BCUT2D eigenvalue weighted by molar-refractivity contribution is 0.0988. The van der Waals surface area contributed by atoms with Crippen molar-refractivity contribution >= 4 is 17.3 Å². The van der Waals surface area contributed by atoms with Gasteiger partial charge in [0.25, 0.3) is 5.91 Å². The second-order valence-corrected chi connectivity index (χ2v) is 5.56. The van der Waals surface area contributed by atoms with E-state index in [4.69, 9.17) is 11.2 Å². The van der Waals surface area contributed by atoms with Crippen LogP contribution in [0.3, 0.4) is 0 Å². The van der Waals surface area contributed by atoms with Gasteiger partial charge < -0.3 is 14.5 Å². The number of hydrogen-bond donors (Lipinski definition) is 0. The molecule has 2 heterocycles. The van der Waals surface area contributed by atoms with Crippen molar-refractivity contribution in [2.45, 2.75) is 0 Å². The van der Waals surface area contributed by atoms with Crippen LogP contribution in [-0.4, -0.2) is 44.2 Å². The van der Waals surface area contributed by atoms with E-state index < -0.39 is 0 Å². The zero-order valence-corrected chi connectivity index (χ0v) is 13.6. The highest BCUT2D eigenvalue weighted by Crippen LogP contribution is 2.20. The molecule has 122 valence electrons. The molecule has 1 aromatic carbocycles. The van der Waals surface area contributed by atoms with Crippen molar-refractivity contribution in [1.29, 1.82) is 0 Å². The molecule has 3 rings (SSSR count). The first kappa shape index (κ1) is 16.0. The number of terminal acetylenes is 1. The molecule has 0 spiro atoms. The largest absolute Gasteiger partial charge is 0.378 e. The molecule has 1 saturated heterocycles. The smallest absolute Gasteiger partial charge is 0.276 e. The van der Waals surface area contributed by atoms with Gasteiger partial charge in [0.15, 0.2) is 0 Å². The highest BCUT2D eigenvalue weighted by molar-refractivity contribution is 6.04. The van der Waals surface area contributed by atoms with Crippen molar-refractivity contribution in [2.24, 2.45) is 0 Å². The Bertz CT molecular complexity index is 776. The number of morpholine rings is 1. The number of rotatable bonds is 3. The minimum absolute atomic E-state index is 0.167. The summed E-state index contributed by atoms with van der Waals surface area (Å²) in [6.07, 6.45) is 7.10. The predicted octanol–water partition coefficient (Wildman–Crippen LogP) is 2.18. The summed E-state index contributed by atoms with van der Waals surface area (Å²) in [6, 6.07) is 11.1. The van der Waals surface area contributed by atoms with Crippen molar-refractivity contribution in [3.8, 4) is 12.3 Å². The summed E-state index contributed by atoms with van der Waals surface area (Å²) < 4.78 is 5.37. The van der Waals surface area contributed by atoms with Gasteiger partial charge in [-0.25, -0.2) is 0 Å². The van der Waals surface area contributed by atoms with Gasteiger partial charge in [0.1, 0.15) is 5.69 Å².